The monoisotopic (exact) mass is 180 g/mol. The lowest BCUT2D eigenvalue weighted by molar-refractivity contribution is 0.241. The summed E-state index contributed by atoms with van der Waals surface area (Å²) in [5, 5.41) is 0. The van der Waals surface area contributed by atoms with Gasteiger partial charge in [0.2, 0.25) is 0 Å². The fraction of sp³-hybridized carbons (Fsp3) is 0.818. The molecule has 2 heterocycles. The van der Waals surface area contributed by atoms with Crippen molar-refractivity contribution in [1.29, 1.82) is 0 Å². The maximum atomic E-state index is 2.57. The van der Waals surface area contributed by atoms with E-state index in [1.54, 1.807) is 5.70 Å². The van der Waals surface area contributed by atoms with Gasteiger partial charge in [-0.2, -0.15) is 0 Å². The van der Waals surface area contributed by atoms with Gasteiger partial charge in [0.1, 0.15) is 0 Å². The van der Waals surface area contributed by atoms with Gasteiger partial charge in [-0.1, -0.05) is 6.08 Å². The smallest absolute Gasteiger partial charge is 0.0183 e. The van der Waals surface area contributed by atoms with Crippen LogP contribution in [0.1, 0.15) is 26.2 Å². The molecule has 13 heavy (non-hydrogen) atoms. The van der Waals surface area contributed by atoms with Gasteiger partial charge in [-0.25, -0.2) is 0 Å². The number of rotatable bonds is 1. The summed E-state index contributed by atoms with van der Waals surface area (Å²) in [6.07, 6.45) is 6.44. The van der Waals surface area contributed by atoms with E-state index in [9.17, 15) is 0 Å². The van der Waals surface area contributed by atoms with Gasteiger partial charge in [-0.3, -0.25) is 4.90 Å². The second-order valence-electron chi connectivity index (χ2n) is 4.38. The second kappa shape index (κ2) is 3.70. The molecule has 2 rings (SSSR count). The summed E-state index contributed by atoms with van der Waals surface area (Å²) in [5.41, 5.74) is 1.60. The van der Waals surface area contributed by atoms with Crippen molar-refractivity contribution in [3.8, 4) is 0 Å². The number of hydrogen-bond acceptors (Lipinski definition) is 2. The van der Waals surface area contributed by atoms with Gasteiger partial charge in [-0.15, -0.1) is 0 Å². The van der Waals surface area contributed by atoms with E-state index in [0.29, 0.717) is 0 Å². The van der Waals surface area contributed by atoms with E-state index in [-0.39, 0.29) is 0 Å². The maximum Gasteiger partial charge on any atom is 0.0183 e. The molecule has 2 aliphatic rings. The zero-order chi connectivity index (χ0) is 9.26. The highest BCUT2D eigenvalue weighted by Crippen LogP contribution is 2.23. The molecule has 0 saturated carbocycles. The van der Waals surface area contributed by atoms with Crippen LogP contribution in [-0.2, 0) is 0 Å². The Morgan fingerprint density at radius 3 is 2.62 bits per heavy atom. The van der Waals surface area contributed by atoms with Gasteiger partial charge in [0.15, 0.2) is 0 Å². The van der Waals surface area contributed by atoms with Crippen LogP contribution in [0, 0.1) is 0 Å². The Hall–Kier alpha value is -0.500. The Morgan fingerprint density at radius 2 is 2.00 bits per heavy atom. The van der Waals surface area contributed by atoms with Crippen LogP contribution in [0.3, 0.4) is 0 Å². The van der Waals surface area contributed by atoms with Crippen molar-refractivity contribution in [3.05, 3.63) is 11.8 Å². The first-order valence-electron chi connectivity index (χ1n) is 5.41. The Labute approximate surface area is 81.2 Å². The van der Waals surface area contributed by atoms with Crippen molar-refractivity contribution in [1.82, 2.24) is 9.80 Å². The molecule has 1 fully saturated rings. The van der Waals surface area contributed by atoms with E-state index in [1.165, 1.54) is 32.4 Å². The van der Waals surface area contributed by atoms with Crippen LogP contribution in [0.15, 0.2) is 11.8 Å². The predicted octanol–water partition coefficient (Wildman–Crippen LogP) is 1.69. The molecular weight excluding hydrogens is 160 g/mol. The molecule has 0 radical (unpaired) electrons. The van der Waals surface area contributed by atoms with Crippen molar-refractivity contribution >= 4 is 0 Å². The average molecular weight is 180 g/mol. The number of hydrogen-bond donors (Lipinski definition) is 0. The van der Waals surface area contributed by atoms with Crippen molar-refractivity contribution in [2.24, 2.45) is 0 Å². The highest BCUT2D eigenvalue weighted by Gasteiger charge is 2.21. The Kier molecular flexibility index (Phi) is 2.58. The minimum absolute atomic E-state index is 0.723. The Bertz CT molecular complexity index is 204. The molecule has 1 saturated heterocycles. The van der Waals surface area contributed by atoms with E-state index >= 15 is 0 Å². The van der Waals surface area contributed by atoms with Crippen LogP contribution >= 0.6 is 0 Å². The quantitative estimate of drug-likeness (QED) is 0.606. The minimum Gasteiger partial charge on any atom is -0.375 e. The molecule has 2 aliphatic heterocycles. The predicted molar refractivity (Wildman–Crippen MR) is 55.6 cm³/mol. The fourth-order valence-electron chi connectivity index (χ4n) is 2.23. The van der Waals surface area contributed by atoms with E-state index in [2.05, 4.69) is 29.8 Å². The summed E-state index contributed by atoms with van der Waals surface area (Å²) in [7, 11) is 2.21. The third-order valence-corrected chi connectivity index (χ3v) is 3.38. The normalized spacial score (nSPS) is 30.8. The first-order chi connectivity index (χ1) is 6.27. The molecule has 1 atom stereocenters. The van der Waals surface area contributed by atoms with E-state index in [1.807, 2.05) is 0 Å². The number of likely N-dealkylation sites (N-methyl/N-ethyl adjacent to an activating group) is 1. The minimum atomic E-state index is 0.723. The molecule has 0 bridgehead atoms. The van der Waals surface area contributed by atoms with E-state index in [4.69, 9.17) is 0 Å². The molecule has 0 aliphatic carbocycles. The van der Waals surface area contributed by atoms with Crippen LogP contribution in [-0.4, -0.2) is 42.5 Å². The zero-order valence-electron chi connectivity index (χ0n) is 8.79. The third kappa shape index (κ3) is 1.88. The zero-order valence-corrected chi connectivity index (χ0v) is 8.79. The summed E-state index contributed by atoms with van der Waals surface area (Å²) < 4.78 is 0. The number of likely N-dealkylation sites (tertiary alicyclic amines) is 1. The molecule has 74 valence electrons. The van der Waals surface area contributed by atoms with Crippen LogP contribution < -0.4 is 0 Å². The van der Waals surface area contributed by atoms with E-state index in [0.717, 1.165) is 12.6 Å². The lowest BCUT2D eigenvalue weighted by Crippen LogP contribution is -2.36. The number of nitrogens with zero attached hydrogens (tertiary/aromatic N) is 2. The van der Waals surface area contributed by atoms with Crippen molar-refractivity contribution < 1.29 is 0 Å². The van der Waals surface area contributed by atoms with Crippen molar-refractivity contribution in [2.75, 3.05) is 26.7 Å². The van der Waals surface area contributed by atoms with Crippen LogP contribution in [0.5, 0.6) is 0 Å². The van der Waals surface area contributed by atoms with Crippen molar-refractivity contribution in [2.45, 2.75) is 32.2 Å². The molecule has 0 spiro atoms. The van der Waals surface area contributed by atoms with Gasteiger partial charge in [0.05, 0.1) is 0 Å². The van der Waals surface area contributed by atoms with Crippen LogP contribution in [0.4, 0.5) is 0 Å². The average Bonchev–Trinajstić information content (AvgIpc) is 2.62. The molecule has 0 aromatic heterocycles. The maximum absolute atomic E-state index is 2.57. The first kappa shape index (κ1) is 9.07. The molecule has 2 heteroatoms. The SMILES string of the molecule is CC1CC(N2CCCC2)=CCN1C. The molecule has 2 nitrogen and oxygen atoms in total. The van der Waals surface area contributed by atoms with Gasteiger partial charge < -0.3 is 4.90 Å². The topological polar surface area (TPSA) is 6.48 Å². The molecular formula is C11H20N2. The molecule has 0 N–H and O–H groups in total. The van der Waals surface area contributed by atoms with Gasteiger partial charge in [0, 0.05) is 37.8 Å². The summed E-state index contributed by atoms with van der Waals surface area (Å²) in [5.74, 6) is 0. The van der Waals surface area contributed by atoms with Gasteiger partial charge in [0.25, 0.3) is 0 Å². The summed E-state index contributed by atoms with van der Waals surface area (Å²) >= 11 is 0. The largest absolute Gasteiger partial charge is 0.375 e. The summed E-state index contributed by atoms with van der Waals surface area (Å²) in [4.78, 5) is 4.99. The van der Waals surface area contributed by atoms with E-state index < -0.39 is 0 Å². The Morgan fingerprint density at radius 1 is 1.31 bits per heavy atom. The molecule has 1 unspecified atom stereocenters. The first-order valence-corrected chi connectivity index (χ1v) is 5.41. The van der Waals surface area contributed by atoms with Crippen molar-refractivity contribution in [3.63, 3.8) is 0 Å². The standard InChI is InChI=1S/C11H20N2/c1-10-9-11(5-8-12(10)2)13-6-3-4-7-13/h5,10H,3-4,6-9H2,1-2H3. The van der Waals surface area contributed by atoms with Gasteiger partial charge in [-0.05, 0) is 26.8 Å². The third-order valence-electron chi connectivity index (χ3n) is 3.38. The van der Waals surface area contributed by atoms with Crippen LogP contribution in [0.2, 0.25) is 0 Å². The highest BCUT2D eigenvalue weighted by molar-refractivity contribution is 5.09. The highest BCUT2D eigenvalue weighted by atomic mass is 15.2. The summed E-state index contributed by atoms with van der Waals surface area (Å²) in [6.45, 7) is 6.04. The second-order valence-corrected chi connectivity index (χ2v) is 4.38. The van der Waals surface area contributed by atoms with Crippen LogP contribution in [0.25, 0.3) is 0 Å². The molecule has 0 amide bonds. The fourth-order valence-corrected chi connectivity index (χ4v) is 2.23. The molecule has 0 aromatic carbocycles. The lowest BCUT2D eigenvalue weighted by atomic mass is 10.1. The van der Waals surface area contributed by atoms with Gasteiger partial charge >= 0.3 is 0 Å². The molecule has 0 aromatic rings. The summed E-state index contributed by atoms with van der Waals surface area (Å²) in [6, 6.07) is 0.723. The Balaban J connectivity index is 1.99. The lowest BCUT2D eigenvalue weighted by Gasteiger charge is -2.33.